The van der Waals surface area contributed by atoms with Crippen LogP contribution in [0, 0.1) is 6.92 Å². The van der Waals surface area contributed by atoms with Crippen molar-refractivity contribution in [2.24, 2.45) is 0 Å². The van der Waals surface area contributed by atoms with Gasteiger partial charge in [-0.15, -0.1) is 10.2 Å². The van der Waals surface area contributed by atoms with E-state index in [4.69, 9.17) is 0 Å². The highest BCUT2D eigenvalue weighted by molar-refractivity contribution is 7.89. The highest BCUT2D eigenvalue weighted by Crippen LogP contribution is 2.32. The van der Waals surface area contributed by atoms with Gasteiger partial charge in [-0.05, 0) is 26.2 Å². The number of aryl methyl sites for hydroxylation is 1. The molecule has 9 heteroatoms. The van der Waals surface area contributed by atoms with E-state index in [0.29, 0.717) is 19.0 Å². The van der Waals surface area contributed by atoms with Crippen LogP contribution in [0.4, 0.5) is 0 Å². The first-order chi connectivity index (χ1) is 10.5. The largest absolute Gasteiger partial charge is 0.234 e. The van der Waals surface area contributed by atoms with Crippen LogP contribution in [0.2, 0.25) is 0 Å². The first-order valence-corrected chi connectivity index (χ1v) is 10.1. The molecule has 0 saturated carbocycles. The molecule has 1 fully saturated rings. The Morgan fingerprint density at radius 3 is 2.64 bits per heavy atom. The lowest BCUT2D eigenvalue weighted by molar-refractivity contribution is 0.318. The fourth-order valence-electron chi connectivity index (χ4n) is 2.73. The molecule has 0 unspecified atom stereocenters. The molecule has 7 nitrogen and oxygen atoms in total. The number of sulfonamides is 1. The van der Waals surface area contributed by atoms with Crippen molar-refractivity contribution in [2.75, 3.05) is 18.8 Å². The van der Waals surface area contributed by atoms with E-state index in [1.54, 1.807) is 20.2 Å². The molecule has 0 atom stereocenters. The summed E-state index contributed by atoms with van der Waals surface area (Å²) in [6.07, 6.45) is 3.29. The summed E-state index contributed by atoms with van der Waals surface area (Å²) in [5, 5.41) is 13.7. The van der Waals surface area contributed by atoms with Gasteiger partial charge < -0.3 is 0 Å². The van der Waals surface area contributed by atoms with E-state index in [2.05, 4.69) is 15.3 Å². The number of hydrogen-bond donors (Lipinski definition) is 0. The molecule has 3 heterocycles. The predicted octanol–water partition coefficient (Wildman–Crippen LogP) is 1.80. The van der Waals surface area contributed by atoms with Gasteiger partial charge in [0.2, 0.25) is 15.0 Å². The van der Waals surface area contributed by atoms with Crippen LogP contribution in [0.5, 0.6) is 0 Å². The highest BCUT2D eigenvalue weighted by atomic mass is 32.2. The summed E-state index contributed by atoms with van der Waals surface area (Å²) in [7, 11) is -3.08. The van der Waals surface area contributed by atoms with Crippen molar-refractivity contribution in [3.63, 3.8) is 0 Å². The van der Waals surface area contributed by atoms with Crippen LogP contribution in [0.1, 0.15) is 49.4 Å². The summed E-state index contributed by atoms with van der Waals surface area (Å²) >= 11 is 1.56. The molecule has 1 aliphatic rings. The van der Waals surface area contributed by atoms with Gasteiger partial charge in [-0.2, -0.15) is 9.61 Å². The van der Waals surface area contributed by atoms with E-state index in [1.165, 1.54) is 0 Å². The van der Waals surface area contributed by atoms with Gasteiger partial charge in [-0.25, -0.2) is 12.7 Å². The summed E-state index contributed by atoms with van der Waals surface area (Å²) in [4.78, 5) is 0.811. The molecule has 1 aliphatic heterocycles. The predicted molar refractivity (Wildman–Crippen MR) is 85.6 cm³/mol. The zero-order valence-corrected chi connectivity index (χ0v) is 14.5. The molecule has 0 aliphatic carbocycles. The van der Waals surface area contributed by atoms with Crippen molar-refractivity contribution in [3.8, 4) is 0 Å². The third kappa shape index (κ3) is 3.02. The second-order valence-electron chi connectivity index (χ2n) is 5.72. The Morgan fingerprint density at radius 1 is 1.27 bits per heavy atom. The Hall–Kier alpha value is -1.06. The van der Waals surface area contributed by atoms with E-state index in [9.17, 15) is 8.42 Å². The van der Waals surface area contributed by atoms with E-state index in [-0.39, 0.29) is 5.75 Å². The zero-order chi connectivity index (χ0) is 15.7. The lowest BCUT2D eigenvalue weighted by Gasteiger charge is -2.30. The summed E-state index contributed by atoms with van der Waals surface area (Å²) in [5.74, 6) is 1.38. The molecule has 0 aromatic carbocycles. The third-order valence-corrected chi connectivity index (χ3v) is 7.13. The normalized spacial score (nSPS) is 18.3. The Morgan fingerprint density at radius 2 is 2.00 bits per heavy atom. The molecular formula is C13H21N5O2S2. The molecule has 3 rings (SSSR count). The van der Waals surface area contributed by atoms with Gasteiger partial charge in [0.05, 0.1) is 5.75 Å². The second-order valence-corrected chi connectivity index (χ2v) is 8.80. The minimum Gasteiger partial charge on any atom is -0.212 e. The smallest absolute Gasteiger partial charge is 0.212 e. The number of piperidine rings is 1. The van der Waals surface area contributed by atoms with Crippen molar-refractivity contribution in [3.05, 3.63) is 10.8 Å². The average Bonchev–Trinajstić information content (AvgIpc) is 3.08. The lowest BCUT2D eigenvalue weighted by Crippen LogP contribution is -2.39. The molecule has 0 spiro atoms. The van der Waals surface area contributed by atoms with Crippen molar-refractivity contribution in [2.45, 2.75) is 45.4 Å². The molecule has 1 saturated heterocycles. The van der Waals surface area contributed by atoms with E-state index in [0.717, 1.165) is 41.5 Å². The maximum absolute atomic E-state index is 12.2. The van der Waals surface area contributed by atoms with Crippen molar-refractivity contribution >= 4 is 26.3 Å². The molecule has 2 aromatic heterocycles. The van der Waals surface area contributed by atoms with Crippen LogP contribution in [0.3, 0.4) is 0 Å². The molecule has 0 radical (unpaired) electrons. The lowest BCUT2D eigenvalue weighted by atomic mass is 9.99. The summed E-state index contributed by atoms with van der Waals surface area (Å²) in [6.45, 7) is 5.08. The minimum atomic E-state index is -3.08. The average molecular weight is 343 g/mol. The third-order valence-electron chi connectivity index (χ3n) is 4.11. The minimum absolute atomic E-state index is 0.268. The second kappa shape index (κ2) is 6.21. The molecule has 0 amide bonds. The molecule has 122 valence electrons. The topological polar surface area (TPSA) is 80.5 Å². The number of rotatable bonds is 5. The van der Waals surface area contributed by atoms with Gasteiger partial charge in [0.15, 0.2) is 5.82 Å². The summed E-state index contributed by atoms with van der Waals surface area (Å²) < 4.78 is 27.9. The number of unbranched alkanes of at least 4 members (excludes halogenated alkanes) is 1. The van der Waals surface area contributed by atoms with Gasteiger partial charge in [0, 0.05) is 19.0 Å². The molecule has 2 aromatic rings. The van der Waals surface area contributed by atoms with Crippen molar-refractivity contribution in [1.29, 1.82) is 0 Å². The zero-order valence-electron chi connectivity index (χ0n) is 12.9. The highest BCUT2D eigenvalue weighted by Gasteiger charge is 2.30. The number of nitrogens with zero attached hydrogens (tertiary/aromatic N) is 5. The van der Waals surface area contributed by atoms with Crippen molar-refractivity contribution in [1.82, 2.24) is 24.1 Å². The van der Waals surface area contributed by atoms with Gasteiger partial charge in [-0.1, -0.05) is 24.7 Å². The van der Waals surface area contributed by atoms with Gasteiger partial charge in [0.1, 0.15) is 5.01 Å². The first-order valence-electron chi connectivity index (χ1n) is 7.68. The Labute approximate surface area is 134 Å². The maximum Gasteiger partial charge on any atom is 0.234 e. The monoisotopic (exact) mass is 343 g/mol. The molecule has 0 N–H and O–H groups in total. The Bertz CT molecular complexity index is 744. The molecule has 0 bridgehead atoms. The Balaban J connectivity index is 1.66. The number of fused-ring (bicyclic) bond motifs is 1. The van der Waals surface area contributed by atoms with E-state index >= 15 is 0 Å². The van der Waals surface area contributed by atoms with Crippen LogP contribution < -0.4 is 0 Å². The van der Waals surface area contributed by atoms with Gasteiger partial charge in [0.25, 0.3) is 0 Å². The SMILES string of the molecule is CCCCS(=O)(=O)N1CCC(c2nn3c(C)nnc3s2)CC1. The summed E-state index contributed by atoms with van der Waals surface area (Å²) in [5.41, 5.74) is 0. The van der Waals surface area contributed by atoms with Gasteiger partial charge >= 0.3 is 0 Å². The molecule has 22 heavy (non-hydrogen) atoms. The first kappa shape index (κ1) is 15.8. The van der Waals surface area contributed by atoms with Crippen molar-refractivity contribution < 1.29 is 8.42 Å². The van der Waals surface area contributed by atoms with E-state index < -0.39 is 10.0 Å². The van der Waals surface area contributed by atoms with E-state index in [1.807, 2.05) is 13.8 Å². The van der Waals surface area contributed by atoms with Crippen LogP contribution in [0.15, 0.2) is 0 Å². The Kier molecular flexibility index (Phi) is 4.47. The number of hydrogen-bond acceptors (Lipinski definition) is 6. The number of aromatic nitrogens is 4. The van der Waals surface area contributed by atoms with Crippen LogP contribution in [-0.4, -0.2) is 51.4 Å². The standard InChI is InChI=1S/C13H21N5O2S2/c1-3-4-9-22(19,20)17-7-5-11(6-8-17)12-16-18-10(2)14-15-13(18)21-12/h11H,3-9H2,1-2H3. The van der Waals surface area contributed by atoms with Crippen LogP contribution >= 0.6 is 11.3 Å². The summed E-state index contributed by atoms with van der Waals surface area (Å²) in [6, 6.07) is 0. The fourth-order valence-corrected chi connectivity index (χ4v) is 5.46. The quantitative estimate of drug-likeness (QED) is 0.827. The van der Waals surface area contributed by atoms with Gasteiger partial charge in [-0.3, -0.25) is 0 Å². The fraction of sp³-hybridized carbons (Fsp3) is 0.769. The van der Waals surface area contributed by atoms with Crippen LogP contribution in [0.25, 0.3) is 4.96 Å². The van der Waals surface area contributed by atoms with Crippen LogP contribution in [-0.2, 0) is 10.0 Å². The molecular weight excluding hydrogens is 322 g/mol. The maximum atomic E-state index is 12.2.